The van der Waals surface area contributed by atoms with E-state index in [1.54, 1.807) is 24.5 Å². The summed E-state index contributed by atoms with van der Waals surface area (Å²) in [7, 11) is -3.56. The zero-order valence-electron chi connectivity index (χ0n) is 17.3. The van der Waals surface area contributed by atoms with E-state index in [0.29, 0.717) is 17.1 Å². The minimum absolute atomic E-state index is 0.0825. The molecule has 0 bridgehead atoms. The predicted molar refractivity (Wildman–Crippen MR) is 120 cm³/mol. The molecule has 1 N–H and O–H groups in total. The van der Waals surface area contributed by atoms with Crippen LogP contribution >= 0.6 is 0 Å². The number of nitrogens with zero attached hydrogens (tertiary/aromatic N) is 2. The van der Waals surface area contributed by atoms with E-state index >= 15 is 0 Å². The fraction of sp³-hybridized carbons (Fsp3) is 0.217. The van der Waals surface area contributed by atoms with Gasteiger partial charge < -0.3 is 10.1 Å². The average molecular weight is 438 g/mol. The maximum absolute atomic E-state index is 12.8. The van der Waals surface area contributed by atoms with Crippen LogP contribution in [0.2, 0.25) is 0 Å². The second-order valence-electron chi connectivity index (χ2n) is 7.59. The number of ether oxygens (including phenoxy) is 1. The number of carbonyl (C=O) groups is 1. The Hall–Kier alpha value is -3.39. The van der Waals surface area contributed by atoms with Crippen LogP contribution in [0.25, 0.3) is 0 Å². The highest BCUT2D eigenvalue weighted by Crippen LogP contribution is 2.36. The SMILES string of the molecule is Cc1ccc2c(c1)O[C@@H](C(=O)Nc1ccc(Cc3ccncc3)cc1)CN2S(C)(=O)=O. The highest BCUT2D eigenvalue weighted by Gasteiger charge is 2.35. The maximum atomic E-state index is 12.8. The molecule has 0 aliphatic carbocycles. The smallest absolute Gasteiger partial charge is 0.267 e. The number of rotatable bonds is 5. The molecular formula is C23H23N3O4S. The summed E-state index contributed by atoms with van der Waals surface area (Å²) in [6, 6.07) is 16.7. The Morgan fingerprint density at radius 1 is 1.10 bits per heavy atom. The largest absolute Gasteiger partial charge is 0.476 e. The number of sulfonamides is 1. The minimum atomic E-state index is -3.56. The highest BCUT2D eigenvalue weighted by atomic mass is 32.2. The van der Waals surface area contributed by atoms with E-state index < -0.39 is 22.0 Å². The molecule has 0 unspecified atom stereocenters. The van der Waals surface area contributed by atoms with Crippen LogP contribution in [-0.2, 0) is 21.2 Å². The second kappa shape index (κ2) is 8.39. The molecule has 0 spiro atoms. The number of amides is 1. The van der Waals surface area contributed by atoms with E-state index in [2.05, 4.69) is 10.3 Å². The maximum Gasteiger partial charge on any atom is 0.267 e. The molecule has 160 valence electrons. The summed E-state index contributed by atoms with van der Waals surface area (Å²) in [5, 5.41) is 2.82. The number of hydrogen-bond donors (Lipinski definition) is 1. The molecule has 0 radical (unpaired) electrons. The molecule has 8 heteroatoms. The van der Waals surface area contributed by atoms with E-state index in [-0.39, 0.29) is 6.54 Å². The number of aromatic nitrogens is 1. The summed E-state index contributed by atoms with van der Waals surface area (Å²) in [4.78, 5) is 16.9. The van der Waals surface area contributed by atoms with Gasteiger partial charge in [-0.3, -0.25) is 14.1 Å². The first-order valence-corrected chi connectivity index (χ1v) is 11.7. The number of nitrogens with one attached hydrogen (secondary N) is 1. The van der Waals surface area contributed by atoms with Crippen molar-refractivity contribution in [2.45, 2.75) is 19.4 Å². The van der Waals surface area contributed by atoms with Crippen molar-refractivity contribution >= 4 is 27.3 Å². The van der Waals surface area contributed by atoms with Crippen molar-refractivity contribution in [3.05, 3.63) is 83.7 Å². The lowest BCUT2D eigenvalue weighted by Crippen LogP contribution is -2.48. The van der Waals surface area contributed by atoms with Crippen molar-refractivity contribution in [2.24, 2.45) is 0 Å². The molecule has 1 atom stereocenters. The summed E-state index contributed by atoms with van der Waals surface area (Å²) >= 11 is 0. The highest BCUT2D eigenvalue weighted by molar-refractivity contribution is 7.92. The molecule has 4 rings (SSSR count). The van der Waals surface area contributed by atoms with E-state index in [1.165, 1.54) is 4.31 Å². The Kier molecular flexibility index (Phi) is 5.65. The third kappa shape index (κ3) is 4.86. The third-order valence-corrected chi connectivity index (χ3v) is 6.20. The second-order valence-corrected chi connectivity index (χ2v) is 9.50. The molecule has 2 aromatic carbocycles. The third-order valence-electron chi connectivity index (χ3n) is 5.06. The van der Waals surface area contributed by atoms with Crippen LogP contribution in [0.4, 0.5) is 11.4 Å². The van der Waals surface area contributed by atoms with Crippen molar-refractivity contribution in [1.29, 1.82) is 0 Å². The van der Waals surface area contributed by atoms with Gasteiger partial charge >= 0.3 is 0 Å². The van der Waals surface area contributed by atoms with Crippen LogP contribution in [0, 0.1) is 6.92 Å². The lowest BCUT2D eigenvalue weighted by molar-refractivity contribution is -0.122. The van der Waals surface area contributed by atoms with Crippen LogP contribution < -0.4 is 14.4 Å². The number of pyridine rings is 1. The fourth-order valence-corrected chi connectivity index (χ4v) is 4.39. The Morgan fingerprint density at radius 2 is 1.77 bits per heavy atom. The first-order chi connectivity index (χ1) is 14.8. The van der Waals surface area contributed by atoms with Gasteiger partial charge in [-0.15, -0.1) is 0 Å². The standard InChI is InChI=1S/C23H23N3O4S/c1-16-3-8-20-21(13-16)30-22(15-26(20)31(2,28)29)23(27)25-19-6-4-17(5-7-19)14-18-9-11-24-12-10-18/h3-13,22H,14-15H2,1-2H3,(H,25,27)/t22-/m1/s1. The number of benzene rings is 2. The summed E-state index contributed by atoms with van der Waals surface area (Å²) < 4.78 is 31.6. The Bertz CT molecular complexity index is 1200. The zero-order chi connectivity index (χ0) is 22.0. The van der Waals surface area contributed by atoms with Crippen molar-refractivity contribution < 1.29 is 17.9 Å². The number of anilines is 2. The van der Waals surface area contributed by atoms with Gasteiger partial charge in [0.05, 0.1) is 18.5 Å². The quantitative estimate of drug-likeness (QED) is 0.662. The Morgan fingerprint density at radius 3 is 2.45 bits per heavy atom. The molecule has 0 fully saturated rings. The molecule has 0 saturated heterocycles. The number of carbonyl (C=O) groups excluding carboxylic acids is 1. The van der Waals surface area contributed by atoms with E-state index in [0.717, 1.165) is 29.4 Å². The topological polar surface area (TPSA) is 88.6 Å². The van der Waals surface area contributed by atoms with Crippen LogP contribution in [0.15, 0.2) is 67.0 Å². The molecule has 1 aliphatic heterocycles. The van der Waals surface area contributed by atoms with Crippen molar-refractivity contribution in [3.63, 3.8) is 0 Å². The van der Waals surface area contributed by atoms with E-state index in [4.69, 9.17) is 4.74 Å². The predicted octanol–water partition coefficient (Wildman–Crippen LogP) is 3.15. The molecule has 1 aromatic heterocycles. The molecule has 0 saturated carbocycles. The van der Waals surface area contributed by atoms with Gasteiger partial charge in [-0.2, -0.15) is 0 Å². The normalized spacial score (nSPS) is 15.7. The summed E-state index contributed by atoms with van der Waals surface area (Å²) in [6.45, 7) is 1.80. The van der Waals surface area contributed by atoms with Gasteiger partial charge in [0.1, 0.15) is 5.75 Å². The van der Waals surface area contributed by atoms with Crippen molar-refractivity contribution in [3.8, 4) is 5.75 Å². The molecular weight excluding hydrogens is 414 g/mol. The van der Waals surface area contributed by atoms with Gasteiger partial charge in [-0.1, -0.05) is 18.2 Å². The van der Waals surface area contributed by atoms with Crippen molar-refractivity contribution in [2.75, 3.05) is 22.4 Å². The molecule has 1 amide bonds. The van der Waals surface area contributed by atoms with Gasteiger partial charge in [-0.05, 0) is 66.4 Å². The zero-order valence-corrected chi connectivity index (χ0v) is 18.1. The van der Waals surface area contributed by atoms with Gasteiger partial charge in [0.15, 0.2) is 6.10 Å². The molecule has 31 heavy (non-hydrogen) atoms. The van der Waals surface area contributed by atoms with Gasteiger partial charge in [0.25, 0.3) is 5.91 Å². The lowest BCUT2D eigenvalue weighted by Gasteiger charge is -2.34. The van der Waals surface area contributed by atoms with E-state index in [9.17, 15) is 13.2 Å². The Balaban J connectivity index is 1.48. The average Bonchev–Trinajstić information content (AvgIpc) is 2.74. The number of aryl methyl sites for hydroxylation is 1. The van der Waals surface area contributed by atoms with Crippen LogP contribution in [0.5, 0.6) is 5.75 Å². The first-order valence-electron chi connectivity index (χ1n) is 9.83. The van der Waals surface area contributed by atoms with Crippen LogP contribution in [-0.4, -0.2) is 38.2 Å². The summed E-state index contributed by atoms with van der Waals surface area (Å²) in [6.07, 6.45) is 4.45. The van der Waals surface area contributed by atoms with Gasteiger partial charge in [-0.25, -0.2) is 8.42 Å². The Labute approximate surface area is 181 Å². The first kappa shape index (κ1) is 20.9. The van der Waals surface area contributed by atoms with Crippen molar-refractivity contribution in [1.82, 2.24) is 4.98 Å². The molecule has 2 heterocycles. The molecule has 1 aliphatic rings. The fourth-order valence-electron chi connectivity index (χ4n) is 3.48. The van der Waals surface area contributed by atoms with Crippen LogP contribution in [0.3, 0.4) is 0 Å². The molecule has 7 nitrogen and oxygen atoms in total. The van der Waals surface area contributed by atoms with E-state index in [1.807, 2.05) is 49.4 Å². The monoisotopic (exact) mass is 437 g/mol. The number of hydrogen-bond acceptors (Lipinski definition) is 5. The summed E-state index contributed by atoms with van der Waals surface area (Å²) in [5.74, 6) is -0.0211. The molecule has 3 aromatic rings. The minimum Gasteiger partial charge on any atom is -0.476 e. The van der Waals surface area contributed by atoms with Gasteiger partial charge in [0.2, 0.25) is 10.0 Å². The number of fused-ring (bicyclic) bond motifs is 1. The van der Waals surface area contributed by atoms with Crippen LogP contribution in [0.1, 0.15) is 16.7 Å². The lowest BCUT2D eigenvalue weighted by atomic mass is 10.1. The van der Waals surface area contributed by atoms with Gasteiger partial charge in [0, 0.05) is 18.1 Å². The summed E-state index contributed by atoms with van der Waals surface area (Å²) in [5.41, 5.74) is 4.23.